The van der Waals surface area contributed by atoms with Crippen LogP contribution in [0.1, 0.15) is 17.5 Å². The molecule has 0 spiro atoms. The molecule has 0 fully saturated rings. The lowest BCUT2D eigenvalue weighted by molar-refractivity contribution is 0.0929. The smallest absolute Gasteiger partial charge is 0.214 e. The summed E-state index contributed by atoms with van der Waals surface area (Å²) in [5.74, 6) is -0.450. The maximum absolute atomic E-state index is 13.3. The van der Waals surface area contributed by atoms with Gasteiger partial charge in [-0.1, -0.05) is 12.1 Å². The number of fused-ring (bicyclic) bond motifs is 1. The van der Waals surface area contributed by atoms with Gasteiger partial charge in [-0.25, -0.2) is 4.39 Å². The number of likely N-dealkylation sites (N-methyl/N-ethyl adjacent to an activating group) is 1. The van der Waals surface area contributed by atoms with Crippen LogP contribution in [0.15, 0.2) is 28.7 Å². The van der Waals surface area contributed by atoms with Crippen molar-refractivity contribution in [3.8, 4) is 0 Å². The average Bonchev–Trinajstić information content (AvgIpc) is 2.72. The van der Waals surface area contributed by atoms with Crippen molar-refractivity contribution in [1.29, 1.82) is 0 Å². The fourth-order valence-corrected chi connectivity index (χ4v) is 1.49. The van der Waals surface area contributed by atoms with Crippen LogP contribution in [0.4, 0.5) is 4.39 Å². The third-order valence-electron chi connectivity index (χ3n) is 2.57. The monoisotopic (exact) mass is 221 g/mol. The number of hydrogen-bond acceptors (Lipinski definition) is 3. The first-order valence-electron chi connectivity index (χ1n) is 5.03. The molecular weight excluding hydrogens is 209 g/mol. The number of nitrogens with one attached hydrogen (secondary N) is 1. The molecule has 0 amide bonds. The average molecular weight is 221 g/mol. The number of Topliss-reactive ketones (excluding diaryl/α,β-unsaturated/α-hetero) is 1. The third-order valence-corrected chi connectivity index (χ3v) is 2.57. The molecule has 0 saturated heterocycles. The summed E-state index contributed by atoms with van der Waals surface area (Å²) in [6, 6.07) is 5.82. The van der Waals surface area contributed by atoms with Gasteiger partial charge in [0, 0.05) is 5.39 Å². The van der Waals surface area contributed by atoms with Crippen molar-refractivity contribution in [2.24, 2.45) is 0 Å². The van der Waals surface area contributed by atoms with Gasteiger partial charge in [0.25, 0.3) is 0 Å². The Hall–Kier alpha value is -1.68. The zero-order chi connectivity index (χ0) is 11.7. The number of carbonyl (C=O) groups excluding carboxylic acids is 1. The first-order valence-corrected chi connectivity index (χ1v) is 5.03. The van der Waals surface area contributed by atoms with Gasteiger partial charge in [-0.05, 0) is 26.1 Å². The molecule has 1 N–H and O–H groups in total. The minimum atomic E-state index is -0.450. The molecule has 1 unspecified atom stereocenters. The minimum Gasteiger partial charge on any atom is -0.450 e. The normalized spacial score (nSPS) is 12.9. The summed E-state index contributed by atoms with van der Waals surface area (Å²) in [4.78, 5) is 11.8. The first kappa shape index (κ1) is 10.8. The second kappa shape index (κ2) is 4.06. The SMILES string of the molecule is CNC(C)C(=O)c1cc2cccc(F)c2o1. The summed E-state index contributed by atoms with van der Waals surface area (Å²) in [7, 11) is 1.69. The van der Waals surface area contributed by atoms with Gasteiger partial charge in [0.05, 0.1) is 6.04 Å². The molecule has 3 nitrogen and oxygen atoms in total. The number of rotatable bonds is 3. The summed E-state index contributed by atoms with van der Waals surface area (Å²) in [6.07, 6.45) is 0. The lowest BCUT2D eigenvalue weighted by atomic mass is 10.1. The van der Waals surface area contributed by atoms with Crippen LogP contribution in [-0.4, -0.2) is 18.9 Å². The van der Waals surface area contributed by atoms with Crippen molar-refractivity contribution in [1.82, 2.24) is 5.32 Å². The van der Waals surface area contributed by atoms with E-state index in [4.69, 9.17) is 4.42 Å². The highest BCUT2D eigenvalue weighted by atomic mass is 19.1. The maximum Gasteiger partial charge on any atom is 0.214 e. The van der Waals surface area contributed by atoms with E-state index in [1.165, 1.54) is 6.07 Å². The van der Waals surface area contributed by atoms with Gasteiger partial charge in [-0.15, -0.1) is 0 Å². The van der Waals surface area contributed by atoms with Gasteiger partial charge < -0.3 is 9.73 Å². The fraction of sp³-hybridized carbons (Fsp3) is 0.250. The molecule has 1 atom stereocenters. The topological polar surface area (TPSA) is 42.2 Å². The van der Waals surface area contributed by atoms with Crippen LogP contribution < -0.4 is 5.32 Å². The van der Waals surface area contributed by atoms with E-state index in [9.17, 15) is 9.18 Å². The molecule has 84 valence electrons. The molecule has 4 heteroatoms. The van der Waals surface area contributed by atoms with Crippen molar-refractivity contribution < 1.29 is 13.6 Å². The molecule has 0 aliphatic rings. The van der Waals surface area contributed by atoms with Crippen LogP contribution in [0.5, 0.6) is 0 Å². The van der Waals surface area contributed by atoms with Gasteiger partial charge in [0.1, 0.15) is 0 Å². The Kier molecular flexibility index (Phi) is 2.75. The van der Waals surface area contributed by atoms with E-state index in [0.29, 0.717) is 5.39 Å². The first-order chi connectivity index (χ1) is 7.63. The predicted molar refractivity (Wildman–Crippen MR) is 59.0 cm³/mol. The van der Waals surface area contributed by atoms with Crippen LogP contribution >= 0.6 is 0 Å². The van der Waals surface area contributed by atoms with E-state index in [1.807, 2.05) is 0 Å². The second-order valence-corrected chi connectivity index (χ2v) is 3.64. The number of benzene rings is 1. The molecule has 16 heavy (non-hydrogen) atoms. The number of carbonyl (C=O) groups is 1. The Balaban J connectivity index is 2.48. The minimum absolute atomic E-state index is 0.133. The largest absolute Gasteiger partial charge is 0.450 e. The van der Waals surface area contributed by atoms with E-state index in [1.54, 1.807) is 32.2 Å². The summed E-state index contributed by atoms with van der Waals surface area (Å²) in [6.45, 7) is 1.73. The van der Waals surface area contributed by atoms with Crippen molar-refractivity contribution >= 4 is 16.8 Å². The lowest BCUT2D eigenvalue weighted by Crippen LogP contribution is -2.30. The zero-order valence-corrected chi connectivity index (χ0v) is 9.08. The quantitative estimate of drug-likeness (QED) is 0.809. The Morgan fingerprint density at radius 1 is 1.50 bits per heavy atom. The molecule has 1 heterocycles. The van der Waals surface area contributed by atoms with E-state index < -0.39 is 5.82 Å². The molecule has 2 aromatic rings. The number of halogens is 1. The van der Waals surface area contributed by atoms with Gasteiger partial charge >= 0.3 is 0 Å². The predicted octanol–water partition coefficient (Wildman–Crippen LogP) is 2.36. The molecule has 0 bridgehead atoms. The molecule has 1 aromatic heterocycles. The summed E-state index contributed by atoms with van der Waals surface area (Å²) >= 11 is 0. The van der Waals surface area contributed by atoms with Gasteiger partial charge in [0.15, 0.2) is 17.2 Å². The molecule has 0 aliphatic carbocycles. The second-order valence-electron chi connectivity index (χ2n) is 3.64. The van der Waals surface area contributed by atoms with Gasteiger partial charge in [0.2, 0.25) is 5.78 Å². The molecular formula is C12H12FNO2. The van der Waals surface area contributed by atoms with E-state index in [2.05, 4.69) is 5.32 Å². The van der Waals surface area contributed by atoms with Crippen LogP contribution in [0.25, 0.3) is 11.0 Å². The zero-order valence-electron chi connectivity index (χ0n) is 9.08. The highest BCUT2D eigenvalue weighted by Crippen LogP contribution is 2.22. The highest BCUT2D eigenvalue weighted by molar-refractivity contribution is 6.00. The lowest BCUT2D eigenvalue weighted by Gasteiger charge is -2.05. The number of ketones is 1. The van der Waals surface area contributed by atoms with Crippen molar-refractivity contribution in [3.63, 3.8) is 0 Å². The van der Waals surface area contributed by atoms with Crippen molar-refractivity contribution in [2.75, 3.05) is 7.05 Å². The highest BCUT2D eigenvalue weighted by Gasteiger charge is 2.18. The van der Waals surface area contributed by atoms with Crippen molar-refractivity contribution in [2.45, 2.75) is 13.0 Å². The van der Waals surface area contributed by atoms with E-state index in [0.717, 1.165) is 0 Å². The fourth-order valence-electron chi connectivity index (χ4n) is 1.49. The number of furan rings is 1. The van der Waals surface area contributed by atoms with Crippen LogP contribution in [-0.2, 0) is 0 Å². The van der Waals surface area contributed by atoms with Crippen LogP contribution in [0.2, 0.25) is 0 Å². The van der Waals surface area contributed by atoms with Gasteiger partial charge in [-0.3, -0.25) is 4.79 Å². The molecule has 2 rings (SSSR count). The third kappa shape index (κ3) is 1.72. The van der Waals surface area contributed by atoms with Gasteiger partial charge in [-0.2, -0.15) is 0 Å². The molecule has 0 radical (unpaired) electrons. The molecule has 1 aromatic carbocycles. The summed E-state index contributed by atoms with van der Waals surface area (Å²) in [5.41, 5.74) is 0.133. The van der Waals surface area contributed by atoms with Crippen LogP contribution in [0.3, 0.4) is 0 Å². The van der Waals surface area contributed by atoms with Crippen molar-refractivity contribution in [3.05, 3.63) is 35.8 Å². The Bertz CT molecular complexity index is 533. The van der Waals surface area contributed by atoms with E-state index in [-0.39, 0.29) is 23.2 Å². The molecule has 0 saturated carbocycles. The Labute approximate surface area is 92.2 Å². The summed E-state index contributed by atoms with van der Waals surface area (Å²) in [5, 5.41) is 3.42. The van der Waals surface area contributed by atoms with E-state index >= 15 is 0 Å². The Morgan fingerprint density at radius 2 is 2.25 bits per heavy atom. The number of hydrogen-bond donors (Lipinski definition) is 1. The number of para-hydroxylation sites is 1. The van der Waals surface area contributed by atoms with Crippen LogP contribution in [0, 0.1) is 5.82 Å². The maximum atomic E-state index is 13.3. The summed E-state index contributed by atoms with van der Waals surface area (Å²) < 4.78 is 18.5. The Morgan fingerprint density at radius 3 is 2.88 bits per heavy atom. The molecule has 0 aliphatic heterocycles. The standard InChI is InChI=1S/C12H12FNO2/c1-7(14-2)11(15)10-6-8-4-3-5-9(13)12(8)16-10/h3-7,14H,1-2H3.